The molecule has 0 nitrogen and oxygen atoms in total. The average molecular weight is 516 g/mol. The summed E-state index contributed by atoms with van der Waals surface area (Å²) in [5.41, 5.74) is 7.52. The maximum atomic E-state index is 3.90. The lowest BCUT2D eigenvalue weighted by Gasteiger charge is -2.17. The van der Waals surface area contributed by atoms with Gasteiger partial charge in [-0.2, -0.15) is 0 Å². The van der Waals surface area contributed by atoms with Crippen LogP contribution in [0.2, 0.25) is 0 Å². The van der Waals surface area contributed by atoms with Crippen molar-refractivity contribution in [1.82, 2.24) is 0 Å². The average Bonchev–Trinajstić information content (AvgIpc) is 2.76. The van der Waals surface area contributed by atoms with E-state index < -0.39 is 0 Å². The fourth-order valence-electron chi connectivity index (χ4n) is 4.41. The van der Waals surface area contributed by atoms with Crippen LogP contribution >= 0.6 is 31.9 Å². The molecule has 0 N–H and O–H groups in total. The molecule has 0 fully saturated rings. The Kier molecular flexibility index (Phi) is 5.00. The summed E-state index contributed by atoms with van der Waals surface area (Å²) in [4.78, 5) is 0. The predicted octanol–water partition coefficient (Wildman–Crippen LogP) is 9.47. The van der Waals surface area contributed by atoms with Gasteiger partial charge in [-0.1, -0.05) is 105 Å². The second kappa shape index (κ2) is 7.68. The molecule has 0 unspecified atom stereocenters. The van der Waals surface area contributed by atoms with Crippen LogP contribution in [0.25, 0.3) is 43.8 Å². The molecule has 0 radical (unpaired) electrons. The summed E-state index contributed by atoms with van der Waals surface area (Å²) >= 11 is 7.81. The molecule has 146 valence electrons. The zero-order chi connectivity index (χ0) is 20.8. The Bertz CT molecular complexity index is 1320. The number of hydrogen-bond acceptors (Lipinski definition) is 0. The molecule has 0 aliphatic carbocycles. The van der Waals surface area contributed by atoms with Crippen molar-refractivity contribution >= 4 is 53.4 Å². The molecular weight excluding hydrogens is 496 g/mol. The van der Waals surface area contributed by atoms with Crippen LogP contribution in [-0.2, 0) is 0 Å². The van der Waals surface area contributed by atoms with Crippen LogP contribution in [0.15, 0.2) is 93.9 Å². The van der Waals surface area contributed by atoms with E-state index in [1.807, 2.05) is 0 Å². The minimum atomic E-state index is 1.10. The van der Waals surface area contributed by atoms with E-state index >= 15 is 0 Å². The van der Waals surface area contributed by atoms with Gasteiger partial charge in [0.15, 0.2) is 0 Å². The summed E-state index contributed by atoms with van der Waals surface area (Å²) in [6.07, 6.45) is 0. The van der Waals surface area contributed by atoms with E-state index in [-0.39, 0.29) is 0 Å². The largest absolute Gasteiger partial charge is 0.0616 e. The van der Waals surface area contributed by atoms with Gasteiger partial charge >= 0.3 is 0 Å². The van der Waals surface area contributed by atoms with Crippen molar-refractivity contribution in [2.75, 3.05) is 0 Å². The summed E-state index contributed by atoms with van der Waals surface area (Å²) in [6.45, 7) is 4.37. The van der Waals surface area contributed by atoms with Gasteiger partial charge in [-0.3, -0.25) is 0 Å². The van der Waals surface area contributed by atoms with Crippen molar-refractivity contribution in [1.29, 1.82) is 0 Å². The summed E-state index contributed by atoms with van der Waals surface area (Å²) in [6, 6.07) is 30.5. The van der Waals surface area contributed by atoms with E-state index in [0.717, 1.165) is 8.95 Å². The standard InChI is InChI=1S/C28H20Br2/c1-17-11-13-19-7-3-5-9-21(19)27(17)23-15-26(30)24(16-25(23)29)28-18(2)12-14-20-8-4-6-10-22(20)28/h3-16H,1-2H3. The van der Waals surface area contributed by atoms with Crippen LogP contribution in [0.1, 0.15) is 11.1 Å². The molecule has 0 saturated carbocycles. The zero-order valence-electron chi connectivity index (χ0n) is 16.8. The molecule has 5 aromatic carbocycles. The molecule has 2 heteroatoms. The molecule has 5 rings (SSSR count). The Morgan fingerprint density at radius 3 is 1.33 bits per heavy atom. The number of rotatable bonds is 2. The highest BCUT2D eigenvalue weighted by Gasteiger charge is 2.16. The molecule has 5 aromatic rings. The first-order valence-electron chi connectivity index (χ1n) is 10.0. The van der Waals surface area contributed by atoms with Crippen molar-refractivity contribution in [3.05, 3.63) is 105 Å². The van der Waals surface area contributed by atoms with Gasteiger partial charge in [0, 0.05) is 8.95 Å². The molecule has 0 saturated heterocycles. The molecule has 0 amide bonds. The van der Waals surface area contributed by atoms with Crippen molar-refractivity contribution < 1.29 is 0 Å². The second-order valence-corrected chi connectivity index (χ2v) is 9.48. The van der Waals surface area contributed by atoms with Crippen LogP contribution < -0.4 is 0 Å². The minimum Gasteiger partial charge on any atom is -0.0616 e. The van der Waals surface area contributed by atoms with E-state index in [4.69, 9.17) is 0 Å². The normalized spacial score (nSPS) is 11.3. The number of hydrogen-bond donors (Lipinski definition) is 0. The molecule has 30 heavy (non-hydrogen) atoms. The Morgan fingerprint density at radius 1 is 0.500 bits per heavy atom. The van der Waals surface area contributed by atoms with Gasteiger partial charge in [-0.25, -0.2) is 0 Å². The first-order valence-corrected chi connectivity index (χ1v) is 11.6. The van der Waals surface area contributed by atoms with Gasteiger partial charge in [0.25, 0.3) is 0 Å². The van der Waals surface area contributed by atoms with Gasteiger partial charge < -0.3 is 0 Å². The first-order chi connectivity index (χ1) is 14.5. The van der Waals surface area contributed by atoms with Crippen LogP contribution in [0.4, 0.5) is 0 Å². The Labute approximate surface area is 193 Å². The van der Waals surface area contributed by atoms with Gasteiger partial charge in [-0.05, 0) is 80.9 Å². The van der Waals surface area contributed by atoms with E-state index in [1.165, 1.54) is 54.9 Å². The molecular formula is C28H20Br2. The van der Waals surface area contributed by atoms with Gasteiger partial charge in [0.05, 0.1) is 0 Å². The number of benzene rings is 5. The summed E-state index contributed by atoms with van der Waals surface area (Å²) < 4.78 is 2.21. The molecule has 0 aromatic heterocycles. The van der Waals surface area contributed by atoms with Gasteiger partial charge in [0.1, 0.15) is 0 Å². The maximum absolute atomic E-state index is 3.90. The smallest absolute Gasteiger partial charge is 0.0261 e. The Morgan fingerprint density at radius 2 is 0.900 bits per heavy atom. The highest BCUT2D eigenvalue weighted by molar-refractivity contribution is 9.11. The number of fused-ring (bicyclic) bond motifs is 2. The lowest BCUT2D eigenvalue weighted by Crippen LogP contribution is -1.92. The molecule has 0 bridgehead atoms. The van der Waals surface area contributed by atoms with Crippen LogP contribution in [-0.4, -0.2) is 0 Å². The van der Waals surface area contributed by atoms with Crippen LogP contribution in [0.5, 0.6) is 0 Å². The van der Waals surface area contributed by atoms with E-state index in [0.29, 0.717) is 0 Å². The van der Waals surface area contributed by atoms with Crippen molar-refractivity contribution in [3.63, 3.8) is 0 Å². The van der Waals surface area contributed by atoms with Gasteiger partial charge in [0.2, 0.25) is 0 Å². The third-order valence-corrected chi connectivity index (χ3v) is 7.18. The molecule has 0 aliphatic rings. The Balaban J connectivity index is 1.78. The SMILES string of the molecule is Cc1ccc2ccccc2c1-c1cc(Br)c(-c2c(C)ccc3ccccc23)cc1Br. The highest BCUT2D eigenvalue weighted by atomic mass is 79.9. The molecule has 0 atom stereocenters. The molecule has 0 heterocycles. The van der Waals surface area contributed by atoms with Gasteiger partial charge in [-0.15, -0.1) is 0 Å². The quantitative estimate of drug-likeness (QED) is 0.219. The van der Waals surface area contributed by atoms with E-state index in [1.54, 1.807) is 0 Å². The van der Waals surface area contributed by atoms with Crippen molar-refractivity contribution in [3.8, 4) is 22.3 Å². The Hall–Kier alpha value is -2.42. The van der Waals surface area contributed by atoms with E-state index in [9.17, 15) is 0 Å². The topological polar surface area (TPSA) is 0 Å². The summed E-state index contributed by atoms with van der Waals surface area (Å²) in [7, 11) is 0. The minimum absolute atomic E-state index is 1.10. The van der Waals surface area contributed by atoms with E-state index in [2.05, 4.69) is 131 Å². The fourth-order valence-corrected chi connectivity index (χ4v) is 5.49. The number of halogens is 2. The lowest BCUT2D eigenvalue weighted by atomic mass is 9.90. The molecule has 0 aliphatic heterocycles. The third kappa shape index (κ3) is 3.19. The van der Waals surface area contributed by atoms with Crippen molar-refractivity contribution in [2.24, 2.45) is 0 Å². The summed E-state index contributed by atoms with van der Waals surface area (Å²) in [5, 5.41) is 5.07. The predicted molar refractivity (Wildman–Crippen MR) is 137 cm³/mol. The van der Waals surface area contributed by atoms with Crippen LogP contribution in [0, 0.1) is 13.8 Å². The number of aryl methyl sites for hydroxylation is 2. The molecule has 0 spiro atoms. The monoisotopic (exact) mass is 514 g/mol. The zero-order valence-corrected chi connectivity index (χ0v) is 20.0. The summed E-state index contributed by atoms with van der Waals surface area (Å²) in [5.74, 6) is 0. The first kappa shape index (κ1) is 19.5. The van der Waals surface area contributed by atoms with Crippen LogP contribution in [0.3, 0.4) is 0 Å². The van der Waals surface area contributed by atoms with Crippen molar-refractivity contribution in [2.45, 2.75) is 13.8 Å². The lowest BCUT2D eigenvalue weighted by molar-refractivity contribution is 1.45. The second-order valence-electron chi connectivity index (χ2n) is 7.77. The maximum Gasteiger partial charge on any atom is 0.0261 e. The third-order valence-electron chi connectivity index (χ3n) is 5.87. The highest BCUT2D eigenvalue weighted by Crippen LogP contribution is 2.43. The fraction of sp³-hybridized carbons (Fsp3) is 0.0714.